The summed E-state index contributed by atoms with van der Waals surface area (Å²) < 4.78 is 5.02. The van der Waals surface area contributed by atoms with E-state index >= 15 is 0 Å². The predicted octanol–water partition coefficient (Wildman–Crippen LogP) is 11.5. The third-order valence-corrected chi connectivity index (χ3v) is 9.74. The van der Waals surface area contributed by atoms with Crippen LogP contribution in [0.4, 0.5) is 0 Å². The molecule has 0 spiro atoms. The van der Waals surface area contributed by atoms with Gasteiger partial charge < -0.3 is 4.57 Å². The molecular formula is C41H26N2S. The molecule has 0 saturated carbocycles. The van der Waals surface area contributed by atoms with Gasteiger partial charge in [-0.15, -0.1) is 11.3 Å². The lowest BCUT2D eigenvalue weighted by atomic mass is 9.98. The fraction of sp³-hybridized carbons (Fsp3) is 0. The molecule has 0 aliphatic carbocycles. The molecule has 3 heteroatoms. The van der Waals surface area contributed by atoms with Gasteiger partial charge in [-0.05, 0) is 59.7 Å². The van der Waals surface area contributed by atoms with Crippen LogP contribution in [-0.2, 0) is 0 Å². The van der Waals surface area contributed by atoms with E-state index in [1.54, 1.807) is 0 Å². The molecular weight excluding hydrogens is 553 g/mol. The van der Waals surface area contributed by atoms with Gasteiger partial charge in [-0.1, -0.05) is 109 Å². The van der Waals surface area contributed by atoms with Gasteiger partial charge in [0.1, 0.15) is 0 Å². The molecule has 0 atom stereocenters. The minimum Gasteiger partial charge on any atom is -0.309 e. The Morgan fingerprint density at radius 2 is 1.11 bits per heavy atom. The molecule has 0 aliphatic heterocycles. The van der Waals surface area contributed by atoms with Gasteiger partial charge in [0.25, 0.3) is 0 Å². The van der Waals surface area contributed by atoms with Crippen LogP contribution in [-0.4, -0.2) is 9.55 Å². The van der Waals surface area contributed by atoms with Crippen molar-refractivity contribution in [2.45, 2.75) is 0 Å². The maximum Gasteiger partial charge on any atom is 0.0737 e. The van der Waals surface area contributed by atoms with Crippen molar-refractivity contribution in [2.75, 3.05) is 0 Å². The normalized spacial score (nSPS) is 11.6. The summed E-state index contributed by atoms with van der Waals surface area (Å²) in [5.41, 5.74) is 9.99. The van der Waals surface area contributed by atoms with Crippen molar-refractivity contribution >= 4 is 53.3 Å². The summed E-state index contributed by atoms with van der Waals surface area (Å²) in [7, 11) is 0. The van der Waals surface area contributed by atoms with Gasteiger partial charge in [0.15, 0.2) is 0 Å². The Hall–Kier alpha value is -5.51. The first-order chi connectivity index (χ1) is 21.8. The van der Waals surface area contributed by atoms with Crippen LogP contribution in [0.25, 0.3) is 81.3 Å². The molecule has 0 amide bonds. The first-order valence-corrected chi connectivity index (χ1v) is 15.7. The van der Waals surface area contributed by atoms with Crippen LogP contribution in [0.5, 0.6) is 0 Å². The topological polar surface area (TPSA) is 17.8 Å². The van der Waals surface area contributed by atoms with Crippen LogP contribution in [0, 0.1) is 0 Å². The van der Waals surface area contributed by atoms with Crippen molar-refractivity contribution < 1.29 is 0 Å². The molecule has 44 heavy (non-hydrogen) atoms. The van der Waals surface area contributed by atoms with Gasteiger partial charge in [0.05, 0.1) is 22.4 Å². The number of fused-ring (bicyclic) bond motifs is 6. The summed E-state index contributed by atoms with van der Waals surface area (Å²) in [5, 5.41) is 5.07. The van der Waals surface area contributed by atoms with Crippen molar-refractivity contribution in [1.29, 1.82) is 0 Å². The molecule has 0 fully saturated rings. The Morgan fingerprint density at radius 1 is 0.432 bits per heavy atom. The maximum absolute atomic E-state index is 5.35. The summed E-state index contributed by atoms with van der Waals surface area (Å²) in [4.78, 5) is 5.35. The minimum absolute atomic E-state index is 0.960. The number of hydrogen-bond donors (Lipinski definition) is 0. The SMILES string of the molecule is c1ccc(-c2cc(-c3ccc4sc5ccccc5c4c3)cc(-c3cccc4c5ccccc5n(-c5ccccc5)c34)n2)cc1. The van der Waals surface area contributed by atoms with Crippen LogP contribution in [0.2, 0.25) is 0 Å². The minimum atomic E-state index is 0.960. The summed E-state index contributed by atoms with van der Waals surface area (Å²) in [6, 6.07) is 56.6. The highest BCUT2D eigenvalue weighted by molar-refractivity contribution is 7.25. The van der Waals surface area contributed by atoms with E-state index in [0.29, 0.717) is 0 Å². The van der Waals surface area contributed by atoms with Crippen molar-refractivity contribution in [3.63, 3.8) is 0 Å². The molecule has 0 radical (unpaired) electrons. The highest BCUT2D eigenvalue weighted by Gasteiger charge is 2.18. The number of para-hydroxylation sites is 3. The summed E-state index contributed by atoms with van der Waals surface area (Å²) in [5.74, 6) is 0. The number of pyridine rings is 1. The smallest absolute Gasteiger partial charge is 0.0737 e. The van der Waals surface area contributed by atoms with Crippen molar-refractivity contribution in [2.24, 2.45) is 0 Å². The van der Waals surface area contributed by atoms with Crippen molar-refractivity contribution in [3.8, 4) is 39.3 Å². The average molecular weight is 579 g/mol. The van der Waals surface area contributed by atoms with Gasteiger partial charge in [-0.3, -0.25) is 0 Å². The van der Waals surface area contributed by atoms with E-state index in [4.69, 9.17) is 4.98 Å². The molecule has 3 heterocycles. The molecule has 9 aromatic rings. The molecule has 6 aromatic carbocycles. The van der Waals surface area contributed by atoms with Crippen LogP contribution < -0.4 is 0 Å². The highest BCUT2D eigenvalue weighted by Crippen LogP contribution is 2.41. The van der Waals surface area contributed by atoms with Crippen molar-refractivity contribution in [3.05, 3.63) is 158 Å². The standard InChI is InChI=1S/C41H26N2S/c1-3-12-27(13-4-1)36-25-29(28-22-23-40-35(24-28)32-17-8-10-21-39(32)44-40)26-37(42-36)34-19-11-18-33-31-16-7-9-20-38(31)43(41(33)34)30-14-5-2-6-15-30/h1-26H. The molecule has 9 rings (SSSR count). The molecule has 2 nitrogen and oxygen atoms in total. The van der Waals surface area contributed by atoms with Gasteiger partial charge in [-0.2, -0.15) is 0 Å². The fourth-order valence-electron chi connectivity index (χ4n) is 6.57. The lowest BCUT2D eigenvalue weighted by Crippen LogP contribution is -1.97. The van der Waals surface area contributed by atoms with E-state index in [1.807, 2.05) is 11.3 Å². The first-order valence-electron chi connectivity index (χ1n) is 14.9. The van der Waals surface area contributed by atoms with Crippen LogP contribution in [0.15, 0.2) is 158 Å². The Kier molecular flexibility index (Phi) is 5.71. The molecule has 206 valence electrons. The largest absolute Gasteiger partial charge is 0.309 e. The fourth-order valence-corrected chi connectivity index (χ4v) is 7.65. The second-order valence-electron chi connectivity index (χ2n) is 11.2. The average Bonchev–Trinajstić information content (AvgIpc) is 3.64. The lowest BCUT2D eigenvalue weighted by molar-refractivity contribution is 1.18. The van der Waals surface area contributed by atoms with Crippen LogP contribution in [0.3, 0.4) is 0 Å². The zero-order valence-corrected chi connectivity index (χ0v) is 24.6. The first kappa shape index (κ1) is 25.0. The van der Waals surface area contributed by atoms with Gasteiger partial charge >= 0.3 is 0 Å². The summed E-state index contributed by atoms with van der Waals surface area (Å²) in [6.45, 7) is 0. The quantitative estimate of drug-likeness (QED) is 0.203. The van der Waals surface area contributed by atoms with E-state index in [0.717, 1.165) is 33.8 Å². The predicted molar refractivity (Wildman–Crippen MR) is 188 cm³/mol. The second-order valence-corrected chi connectivity index (χ2v) is 12.3. The molecule has 0 unspecified atom stereocenters. The molecule has 0 N–H and O–H groups in total. The highest BCUT2D eigenvalue weighted by atomic mass is 32.1. The Morgan fingerprint density at radius 3 is 1.98 bits per heavy atom. The van der Waals surface area contributed by atoms with Gasteiger partial charge in [0, 0.05) is 47.8 Å². The van der Waals surface area contributed by atoms with E-state index < -0.39 is 0 Å². The third-order valence-electron chi connectivity index (χ3n) is 8.59. The van der Waals surface area contributed by atoms with E-state index in [9.17, 15) is 0 Å². The summed E-state index contributed by atoms with van der Waals surface area (Å²) in [6.07, 6.45) is 0. The zero-order valence-electron chi connectivity index (χ0n) is 23.8. The molecule has 3 aromatic heterocycles. The van der Waals surface area contributed by atoms with Gasteiger partial charge in [-0.25, -0.2) is 4.98 Å². The number of aromatic nitrogens is 2. The van der Waals surface area contributed by atoms with E-state index in [1.165, 1.54) is 47.5 Å². The Labute approximate surface area is 259 Å². The second kappa shape index (κ2) is 10.0. The number of rotatable bonds is 4. The molecule has 0 aliphatic rings. The number of benzene rings is 6. The Bertz CT molecular complexity index is 2490. The lowest BCUT2D eigenvalue weighted by Gasteiger charge is -2.14. The Balaban J connectivity index is 1.34. The number of thiophene rings is 1. The van der Waals surface area contributed by atoms with Crippen molar-refractivity contribution in [1.82, 2.24) is 9.55 Å². The number of hydrogen-bond acceptors (Lipinski definition) is 2. The van der Waals surface area contributed by atoms with Crippen LogP contribution >= 0.6 is 11.3 Å². The van der Waals surface area contributed by atoms with Crippen LogP contribution in [0.1, 0.15) is 0 Å². The zero-order chi connectivity index (χ0) is 29.0. The van der Waals surface area contributed by atoms with E-state index in [-0.39, 0.29) is 0 Å². The molecule has 0 bridgehead atoms. The monoisotopic (exact) mass is 578 g/mol. The third kappa shape index (κ3) is 3.98. The maximum atomic E-state index is 5.35. The molecule has 0 saturated heterocycles. The van der Waals surface area contributed by atoms with Gasteiger partial charge in [0.2, 0.25) is 0 Å². The van der Waals surface area contributed by atoms with E-state index in [2.05, 4.69) is 162 Å². The number of nitrogens with zero attached hydrogens (tertiary/aromatic N) is 2. The summed E-state index contributed by atoms with van der Waals surface area (Å²) >= 11 is 1.85.